The molecule has 0 spiro atoms. The number of hydrogen-bond donors (Lipinski definition) is 1. The first-order valence-corrected chi connectivity index (χ1v) is 4.97. The van der Waals surface area contributed by atoms with Crippen LogP contribution in [0.2, 0.25) is 0 Å². The van der Waals surface area contributed by atoms with Gasteiger partial charge in [-0.1, -0.05) is 12.8 Å². The third kappa shape index (κ3) is 3.31. The van der Waals surface area contributed by atoms with Gasteiger partial charge in [0.05, 0.1) is 6.04 Å². The highest BCUT2D eigenvalue weighted by Gasteiger charge is 2.46. The van der Waals surface area contributed by atoms with Crippen molar-refractivity contribution in [3.05, 3.63) is 0 Å². The number of alkyl halides is 5. The Morgan fingerprint density at radius 2 is 1.81 bits per heavy atom. The second-order valence-electron chi connectivity index (χ2n) is 3.82. The van der Waals surface area contributed by atoms with Crippen LogP contribution in [0.25, 0.3) is 0 Å². The van der Waals surface area contributed by atoms with E-state index < -0.39 is 30.5 Å². The number of nitrogens with one attached hydrogen (secondary N) is 1. The molecule has 3 unspecified atom stereocenters. The van der Waals surface area contributed by atoms with Crippen LogP contribution >= 0.6 is 0 Å². The molecular formula is C9H12F5NO. The number of halogens is 5. The minimum Gasteiger partial charge on any atom is -0.348 e. The predicted octanol–water partition coefficient (Wildman–Crippen LogP) is 2.28. The quantitative estimate of drug-likeness (QED) is 0.743. The molecule has 16 heavy (non-hydrogen) atoms. The Kier molecular flexibility index (Phi) is 4.09. The molecule has 1 saturated carbocycles. The standard InChI is InChI=1S/C9H12F5NO/c10-5-3-1-2-4-6(5)15-8(16)7(11)9(12,13)14/h5-7H,1-4H2,(H,15,16). The lowest BCUT2D eigenvalue weighted by Crippen LogP contribution is -2.49. The van der Waals surface area contributed by atoms with Gasteiger partial charge < -0.3 is 5.32 Å². The molecule has 1 N–H and O–H groups in total. The van der Waals surface area contributed by atoms with E-state index in [0.717, 1.165) is 0 Å². The largest absolute Gasteiger partial charge is 0.428 e. The van der Waals surface area contributed by atoms with Gasteiger partial charge in [-0.25, -0.2) is 8.78 Å². The molecule has 0 saturated heterocycles. The summed E-state index contributed by atoms with van der Waals surface area (Å²) < 4.78 is 61.1. The molecule has 3 atom stereocenters. The van der Waals surface area contributed by atoms with Crippen molar-refractivity contribution in [1.29, 1.82) is 0 Å². The Morgan fingerprint density at radius 1 is 1.25 bits per heavy atom. The fourth-order valence-electron chi connectivity index (χ4n) is 1.65. The lowest BCUT2D eigenvalue weighted by Gasteiger charge is -2.27. The fourth-order valence-corrected chi connectivity index (χ4v) is 1.65. The minimum atomic E-state index is -5.23. The van der Waals surface area contributed by atoms with Gasteiger partial charge in [0.2, 0.25) is 0 Å². The number of amides is 1. The van der Waals surface area contributed by atoms with Crippen LogP contribution in [-0.2, 0) is 4.79 Å². The number of carbonyl (C=O) groups excluding carboxylic acids is 1. The fraction of sp³-hybridized carbons (Fsp3) is 0.889. The Bertz CT molecular complexity index is 255. The molecule has 0 radical (unpaired) electrons. The van der Waals surface area contributed by atoms with Crippen molar-refractivity contribution in [1.82, 2.24) is 5.32 Å². The van der Waals surface area contributed by atoms with Crippen molar-refractivity contribution in [2.45, 2.75) is 50.2 Å². The maximum atomic E-state index is 13.1. The molecule has 2 nitrogen and oxygen atoms in total. The van der Waals surface area contributed by atoms with Crippen LogP contribution in [-0.4, -0.2) is 30.5 Å². The van der Waals surface area contributed by atoms with Crippen molar-refractivity contribution < 1.29 is 26.7 Å². The summed E-state index contributed by atoms with van der Waals surface area (Å²) >= 11 is 0. The van der Waals surface area contributed by atoms with E-state index in [9.17, 15) is 26.7 Å². The summed E-state index contributed by atoms with van der Waals surface area (Å²) in [5, 5.41) is 1.77. The highest BCUT2D eigenvalue weighted by Crippen LogP contribution is 2.25. The van der Waals surface area contributed by atoms with Gasteiger partial charge in [0.15, 0.2) is 0 Å². The number of carbonyl (C=O) groups is 1. The van der Waals surface area contributed by atoms with E-state index in [0.29, 0.717) is 12.8 Å². The third-order valence-corrected chi connectivity index (χ3v) is 2.53. The van der Waals surface area contributed by atoms with Gasteiger partial charge in [0.25, 0.3) is 12.1 Å². The van der Waals surface area contributed by atoms with Crippen molar-refractivity contribution in [3.63, 3.8) is 0 Å². The molecule has 0 aromatic carbocycles. The van der Waals surface area contributed by atoms with Crippen LogP contribution in [0.4, 0.5) is 22.0 Å². The van der Waals surface area contributed by atoms with Gasteiger partial charge in [0.1, 0.15) is 6.17 Å². The first-order chi connectivity index (χ1) is 7.32. The van der Waals surface area contributed by atoms with Crippen molar-refractivity contribution >= 4 is 5.91 Å². The van der Waals surface area contributed by atoms with E-state index in [4.69, 9.17) is 0 Å². The first-order valence-electron chi connectivity index (χ1n) is 4.97. The lowest BCUT2D eigenvalue weighted by atomic mass is 9.93. The van der Waals surface area contributed by atoms with Gasteiger partial charge in [0, 0.05) is 0 Å². The zero-order valence-electron chi connectivity index (χ0n) is 8.36. The zero-order chi connectivity index (χ0) is 12.3. The second-order valence-corrected chi connectivity index (χ2v) is 3.82. The minimum absolute atomic E-state index is 0.188. The number of hydrogen-bond acceptors (Lipinski definition) is 1. The average Bonchev–Trinajstić information content (AvgIpc) is 2.19. The molecule has 94 valence electrons. The molecule has 1 rings (SSSR count). The van der Waals surface area contributed by atoms with E-state index in [2.05, 4.69) is 0 Å². The Labute approximate surface area is 89.2 Å². The van der Waals surface area contributed by atoms with Gasteiger partial charge in [-0.2, -0.15) is 13.2 Å². The first kappa shape index (κ1) is 13.2. The van der Waals surface area contributed by atoms with Crippen LogP contribution in [0.1, 0.15) is 25.7 Å². The summed E-state index contributed by atoms with van der Waals surface area (Å²) in [7, 11) is 0. The molecule has 1 fully saturated rings. The second kappa shape index (κ2) is 4.97. The lowest BCUT2D eigenvalue weighted by molar-refractivity contribution is -0.187. The van der Waals surface area contributed by atoms with Crippen LogP contribution in [0.15, 0.2) is 0 Å². The molecule has 0 aromatic heterocycles. The molecule has 1 aliphatic rings. The Hall–Kier alpha value is -0.880. The maximum Gasteiger partial charge on any atom is 0.428 e. The van der Waals surface area contributed by atoms with Crippen LogP contribution in [0.3, 0.4) is 0 Å². The van der Waals surface area contributed by atoms with Crippen LogP contribution in [0.5, 0.6) is 0 Å². The van der Waals surface area contributed by atoms with Gasteiger partial charge in [-0.15, -0.1) is 0 Å². The van der Waals surface area contributed by atoms with Crippen LogP contribution in [0, 0.1) is 0 Å². The summed E-state index contributed by atoms with van der Waals surface area (Å²) in [4.78, 5) is 10.8. The number of rotatable bonds is 2. The summed E-state index contributed by atoms with van der Waals surface area (Å²) in [5.74, 6) is -1.80. The van der Waals surface area contributed by atoms with E-state index in [1.54, 1.807) is 5.32 Å². The molecule has 0 aromatic rings. The normalized spacial score (nSPS) is 28.6. The van der Waals surface area contributed by atoms with E-state index >= 15 is 0 Å². The molecule has 0 bridgehead atoms. The highest BCUT2D eigenvalue weighted by atomic mass is 19.4. The smallest absolute Gasteiger partial charge is 0.348 e. The monoisotopic (exact) mass is 245 g/mol. The molecule has 1 amide bonds. The zero-order valence-corrected chi connectivity index (χ0v) is 8.36. The Balaban J connectivity index is 2.50. The topological polar surface area (TPSA) is 29.1 Å². The van der Waals surface area contributed by atoms with Gasteiger partial charge in [-0.05, 0) is 12.8 Å². The van der Waals surface area contributed by atoms with Crippen LogP contribution < -0.4 is 5.32 Å². The molecule has 0 aliphatic heterocycles. The molecule has 7 heteroatoms. The van der Waals surface area contributed by atoms with E-state index in [1.807, 2.05) is 0 Å². The SMILES string of the molecule is O=C(NC1CCCCC1F)C(F)C(F)(F)F. The highest BCUT2D eigenvalue weighted by molar-refractivity contribution is 5.81. The third-order valence-electron chi connectivity index (χ3n) is 2.53. The molecule has 0 heterocycles. The van der Waals surface area contributed by atoms with Crippen molar-refractivity contribution in [2.24, 2.45) is 0 Å². The van der Waals surface area contributed by atoms with Gasteiger partial charge >= 0.3 is 6.18 Å². The Morgan fingerprint density at radius 3 is 2.31 bits per heavy atom. The van der Waals surface area contributed by atoms with E-state index in [1.165, 1.54) is 0 Å². The van der Waals surface area contributed by atoms with E-state index in [-0.39, 0.29) is 12.8 Å². The molecular weight excluding hydrogens is 233 g/mol. The summed E-state index contributed by atoms with van der Waals surface area (Å²) in [6.07, 6.45) is -8.52. The maximum absolute atomic E-state index is 13.1. The summed E-state index contributed by atoms with van der Waals surface area (Å²) in [6, 6.07) is -0.998. The summed E-state index contributed by atoms with van der Waals surface area (Å²) in [5.41, 5.74) is 0. The average molecular weight is 245 g/mol. The van der Waals surface area contributed by atoms with Gasteiger partial charge in [-0.3, -0.25) is 4.79 Å². The predicted molar refractivity (Wildman–Crippen MR) is 46.2 cm³/mol. The van der Waals surface area contributed by atoms with Crippen molar-refractivity contribution in [2.75, 3.05) is 0 Å². The van der Waals surface area contributed by atoms with Crippen molar-refractivity contribution in [3.8, 4) is 0 Å². The molecule has 1 aliphatic carbocycles. The summed E-state index contributed by atoms with van der Waals surface area (Å²) in [6.45, 7) is 0.